The van der Waals surface area contributed by atoms with Crippen molar-refractivity contribution in [3.05, 3.63) is 11.8 Å². The van der Waals surface area contributed by atoms with E-state index in [1.807, 2.05) is 6.92 Å². The zero-order valence-corrected chi connectivity index (χ0v) is 9.54. The van der Waals surface area contributed by atoms with E-state index in [2.05, 4.69) is 14.9 Å². The van der Waals surface area contributed by atoms with Gasteiger partial charge in [0.15, 0.2) is 5.82 Å². The molecule has 90 valence electrons. The summed E-state index contributed by atoms with van der Waals surface area (Å²) >= 11 is 0. The van der Waals surface area contributed by atoms with Crippen molar-refractivity contribution in [3.8, 4) is 0 Å². The average Bonchev–Trinajstić information content (AvgIpc) is 2.62. The molecule has 1 aromatic heterocycles. The van der Waals surface area contributed by atoms with Crippen LogP contribution in [-0.4, -0.2) is 35.4 Å². The van der Waals surface area contributed by atoms with Crippen LogP contribution in [0.15, 0.2) is 6.07 Å². The molecule has 0 fully saturated rings. The maximum atomic E-state index is 11.4. The van der Waals surface area contributed by atoms with Gasteiger partial charge in [-0.25, -0.2) is 8.42 Å². The fourth-order valence-electron chi connectivity index (χ4n) is 1.03. The first-order chi connectivity index (χ1) is 7.43. The minimum Gasteiger partial charge on any atom is -0.481 e. The van der Waals surface area contributed by atoms with E-state index in [0.29, 0.717) is 6.42 Å². The van der Waals surface area contributed by atoms with Crippen LogP contribution >= 0.6 is 0 Å². The summed E-state index contributed by atoms with van der Waals surface area (Å²) in [6.07, 6.45) is 0.282. The Balaban J connectivity index is 2.61. The lowest BCUT2D eigenvalue weighted by atomic mass is 10.3. The fraction of sp³-hybridized carbons (Fsp3) is 0.500. The normalized spacial score (nSPS) is 11.3. The third kappa shape index (κ3) is 3.89. The molecule has 0 saturated carbocycles. The third-order valence-electron chi connectivity index (χ3n) is 1.86. The van der Waals surface area contributed by atoms with Crippen LogP contribution in [0.25, 0.3) is 0 Å². The molecule has 0 atom stereocenters. The number of aliphatic carboxylic acids is 1. The van der Waals surface area contributed by atoms with Gasteiger partial charge in [0.2, 0.25) is 10.0 Å². The number of aromatic amines is 1. The fourth-order valence-corrected chi connectivity index (χ4v) is 2.00. The molecular formula is C8H13N3O4S. The van der Waals surface area contributed by atoms with Gasteiger partial charge in [-0.15, -0.1) is 0 Å². The molecule has 0 aliphatic heterocycles. The van der Waals surface area contributed by atoms with Gasteiger partial charge in [0.1, 0.15) is 0 Å². The molecule has 0 amide bonds. The van der Waals surface area contributed by atoms with Gasteiger partial charge in [-0.3, -0.25) is 14.6 Å². The Kier molecular flexibility index (Phi) is 3.88. The molecule has 0 aliphatic rings. The summed E-state index contributed by atoms with van der Waals surface area (Å²) < 4.78 is 24.9. The number of carbonyl (C=O) groups is 1. The van der Waals surface area contributed by atoms with Crippen LogP contribution < -0.4 is 4.72 Å². The second kappa shape index (κ2) is 4.97. The number of anilines is 1. The van der Waals surface area contributed by atoms with Gasteiger partial charge in [-0.2, -0.15) is 5.10 Å². The molecule has 0 spiro atoms. The molecule has 7 nitrogen and oxygen atoms in total. The van der Waals surface area contributed by atoms with Crippen molar-refractivity contribution in [1.29, 1.82) is 0 Å². The van der Waals surface area contributed by atoms with E-state index in [0.717, 1.165) is 5.69 Å². The number of nitrogens with zero attached hydrogens (tertiary/aromatic N) is 1. The first-order valence-electron chi connectivity index (χ1n) is 4.69. The molecule has 1 heterocycles. The maximum Gasteiger partial charge on any atom is 0.304 e. The molecule has 0 bridgehead atoms. The van der Waals surface area contributed by atoms with Crippen LogP contribution in [0.4, 0.5) is 5.82 Å². The largest absolute Gasteiger partial charge is 0.481 e. The quantitative estimate of drug-likeness (QED) is 0.664. The molecule has 0 unspecified atom stereocenters. The van der Waals surface area contributed by atoms with Crippen LogP contribution in [0.3, 0.4) is 0 Å². The molecular weight excluding hydrogens is 234 g/mol. The zero-order chi connectivity index (χ0) is 12.2. The number of nitrogens with one attached hydrogen (secondary N) is 2. The summed E-state index contributed by atoms with van der Waals surface area (Å²) in [5.41, 5.74) is 0.802. The van der Waals surface area contributed by atoms with Crippen LogP contribution in [0, 0.1) is 0 Å². The zero-order valence-electron chi connectivity index (χ0n) is 8.73. The van der Waals surface area contributed by atoms with Crippen LogP contribution in [0.5, 0.6) is 0 Å². The summed E-state index contributed by atoms with van der Waals surface area (Å²) in [5.74, 6) is -1.43. The number of hydrogen-bond donors (Lipinski definition) is 3. The average molecular weight is 247 g/mol. The smallest absolute Gasteiger partial charge is 0.304 e. The predicted molar refractivity (Wildman–Crippen MR) is 57.6 cm³/mol. The highest BCUT2D eigenvalue weighted by Crippen LogP contribution is 2.08. The van der Waals surface area contributed by atoms with E-state index in [9.17, 15) is 13.2 Å². The molecule has 16 heavy (non-hydrogen) atoms. The predicted octanol–water partition coefficient (Wildman–Crippen LogP) is 0.188. The van der Waals surface area contributed by atoms with E-state index in [1.165, 1.54) is 0 Å². The number of hydrogen-bond acceptors (Lipinski definition) is 4. The lowest BCUT2D eigenvalue weighted by Crippen LogP contribution is -2.19. The van der Waals surface area contributed by atoms with Crippen molar-refractivity contribution in [2.45, 2.75) is 19.8 Å². The minimum absolute atomic E-state index is 0.183. The second-order valence-corrected chi connectivity index (χ2v) is 5.04. The Morgan fingerprint density at radius 1 is 1.62 bits per heavy atom. The van der Waals surface area contributed by atoms with Crippen molar-refractivity contribution >= 4 is 21.8 Å². The molecule has 1 rings (SSSR count). The second-order valence-electron chi connectivity index (χ2n) is 3.20. The van der Waals surface area contributed by atoms with Crippen molar-refractivity contribution in [2.24, 2.45) is 0 Å². The Labute approximate surface area is 92.9 Å². The topological polar surface area (TPSA) is 112 Å². The van der Waals surface area contributed by atoms with Gasteiger partial charge in [0.25, 0.3) is 0 Å². The number of H-pyrrole nitrogens is 1. The number of aryl methyl sites for hydroxylation is 1. The highest BCUT2D eigenvalue weighted by atomic mass is 32.2. The Hall–Kier alpha value is -1.57. The van der Waals surface area contributed by atoms with Crippen molar-refractivity contribution in [2.75, 3.05) is 10.5 Å². The summed E-state index contributed by atoms with van der Waals surface area (Å²) in [6.45, 7) is 1.90. The van der Waals surface area contributed by atoms with Gasteiger partial charge in [-0.1, -0.05) is 6.92 Å². The lowest BCUT2D eigenvalue weighted by molar-refractivity contribution is -0.136. The number of sulfonamides is 1. The molecule has 3 N–H and O–H groups in total. The van der Waals surface area contributed by atoms with Crippen molar-refractivity contribution in [1.82, 2.24) is 10.2 Å². The Morgan fingerprint density at radius 2 is 2.31 bits per heavy atom. The molecule has 0 radical (unpaired) electrons. The van der Waals surface area contributed by atoms with Gasteiger partial charge in [0.05, 0.1) is 12.2 Å². The van der Waals surface area contributed by atoms with E-state index in [-0.39, 0.29) is 5.82 Å². The standard InChI is InChI=1S/C8H13N3O4S/c1-2-6-5-7(10-9-6)11-16(14,15)4-3-8(12)13/h5H,2-4H2,1H3,(H,12,13)(H2,9,10,11). The first kappa shape index (κ1) is 12.5. The first-order valence-corrected chi connectivity index (χ1v) is 6.34. The number of carboxylic acid groups (broad SMARTS) is 1. The number of rotatable bonds is 6. The van der Waals surface area contributed by atoms with Gasteiger partial charge >= 0.3 is 5.97 Å². The maximum absolute atomic E-state index is 11.4. The van der Waals surface area contributed by atoms with E-state index >= 15 is 0 Å². The van der Waals surface area contributed by atoms with Gasteiger partial charge in [0, 0.05) is 11.8 Å². The molecule has 0 saturated heterocycles. The van der Waals surface area contributed by atoms with E-state index < -0.39 is 28.2 Å². The summed E-state index contributed by atoms with van der Waals surface area (Å²) in [4.78, 5) is 10.2. The Bertz CT molecular complexity index is 465. The Morgan fingerprint density at radius 3 is 2.81 bits per heavy atom. The molecule has 0 aromatic carbocycles. The van der Waals surface area contributed by atoms with Crippen LogP contribution in [-0.2, 0) is 21.2 Å². The van der Waals surface area contributed by atoms with Crippen molar-refractivity contribution < 1.29 is 18.3 Å². The van der Waals surface area contributed by atoms with Crippen LogP contribution in [0.1, 0.15) is 19.0 Å². The molecule has 1 aromatic rings. The number of aromatic nitrogens is 2. The van der Waals surface area contributed by atoms with E-state index in [4.69, 9.17) is 5.11 Å². The monoisotopic (exact) mass is 247 g/mol. The minimum atomic E-state index is -3.64. The highest BCUT2D eigenvalue weighted by molar-refractivity contribution is 7.92. The third-order valence-corrected chi connectivity index (χ3v) is 3.12. The summed E-state index contributed by atoms with van der Waals surface area (Å²) in [6, 6.07) is 1.57. The summed E-state index contributed by atoms with van der Waals surface area (Å²) in [7, 11) is -3.64. The SMILES string of the molecule is CCc1cc(NS(=O)(=O)CCC(=O)O)n[nH]1. The summed E-state index contributed by atoms with van der Waals surface area (Å²) in [5, 5.41) is 14.8. The van der Waals surface area contributed by atoms with Gasteiger partial charge < -0.3 is 5.11 Å². The lowest BCUT2D eigenvalue weighted by Gasteiger charge is -2.02. The van der Waals surface area contributed by atoms with Gasteiger partial charge in [-0.05, 0) is 6.42 Å². The van der Waals surface area contributed by atoms with E-state index in [1.54, 1.807) is 6.07 Å². The molecule has 0 aliphatic carbocycles. The van der Waals surface area contributed by atoms with Crippen molar-refractivity contribution in [3.63, 3.8) is 0 Å². The number of carboxylic acids is 1. The highest BCUT2D eigenvalue weighted by Gasteiger charge is 2.14. The molecule has 8 heteroatoms. The van der Waals surface area contributed by atoms with Crippen LogP contribution in [0.2, 0.25) is 0 Å².